The Bertz CT molecular complexity index is 319. The molecule has 1 heterocycles. The fraction of sp³-hybridized carbons (Fsp3) is 0.400. The van der Waals surface area contributed by atoms with E-state index in [9.17, 15) is 9.50 Å². The van der Waals surface area contributed by atoms with Gasteiger partial charge >= 0.3 is 0 Å². The van der Waals surface area contributed by atoms with Crippen LogP contribution in [-0.2, 0) is 0 Å². The minimum atomic E-state index is -0.515. The molecule has 2 atom stereocenters. The summed E-state index contributed by atoms with van der Waals surface area (Å²) in [7, 11) is 0. The second-order valence-corrected chi connectivity index (χ2v) is 3.34. The zero-order valence-electron chi connectivity index (χ0n) is 7.61. The van der Waals surface area contributed by atoms with Crippen molar-refractivity contribution < 1.29 is 14.2 Å². The van der Waals surface area contributed by atoms with Gasteiger partial charge in [0.05, 0.1) is 0 Å². The van der Waals surface area contributed by atoms with Gasteiger partial charge in [0.2, 0.25) is 0 Å². The molecule has 0 saturated carbocycles. The Morgan fingerprint density at radius 2 is 2.29 bits per heavy atom. The molecule has 1 aromatic rings. The van der Waals surface area contributed by atoms with E-state index < -0.39 is 6.10 Å². The van der Waals surface area contributed by atoms with Crippen molar-refractivity contribution in [2.45, 2.75) is 12.2 Å². The second kappa shape index (κ2) is 3.94. The van der Waals surface area contributed by atoms with Crippen molar-refractivity contribution in [2.24, 2.45) is 0 Å². The number of halogens is 1. The van der Waals surface area contributed by atoms with Crippen molar-refractivity contribution in [3.8, 4) is 5.75 Å². The molecule has 0 aliphatic carbocycles. The van der Waals surface area contributed by atoms with Gasteiger partial charge in [-0.25, -0.2) is 4.39 Å². The lowest BCUT2D eigenvalue weighted by atomic mass is 10.2. The Hall–Kier alpha value is -1.13. The summed E-state index contributed by atoms with van der Waals surface area (Å²) in [5.74, 6) is 0.126. The number of hydrogen-bond donors (Lipinski definition) is 2. The van der Waals surface area contributed by atoms with E-state index in [2.05, 4.69) is 5.32 Å². The highest BCUT2D eigenvalue weighted by molar-refractivity contribution is 5.23. The standard InChI is InChI=1S/C10H12FNO2/c11-7-2-1-3-8(4-7)14-10-6-12-5-9(10)13/h1-4,9-10,12-13H,5-6H2/t9-,10-/m1/s1. The summed E-state index contributed by atoms with van der Waals surface area (Å²) in [4.78, 5) is 0. The summed E-state index contributed by atoms with van der Waals surface area (Å²) < 4.78 is 18.2. The molecule has 1 saturated heterocycles. The van der Waals surface area contributed by atoms with Crippen LogP contribution in [0.25, 0.3) is 0 Å². The average molecular weight is 197 g/mol. The monoisotopic (exact) mass is 197 g/mol. The molecule has 0 unspecified atom stereocenters. The van der Waals surface area contributed by atoms with Gasteiger partial charge in [0.25, 0.3) is 0 Å². The first-order valence-corrected chi connectivity index (χ1v) is 4.57. The molecule has 0 aromatic heterocycles. The summed E-state index contributed by atoms with van der Waals surface area (Å²) in [5.41, 5.74) is 0. The summed E-state index contributed by atoms with van der Waals surface area (Å²) in [5, 5.41) is 12.4. The topological polar surface area (TPSA) is 41.5 Å². The molecule has 1 aromatic carbocycles. The number of ether oxygens (including phenoxy) is 1. The molecule has 0 bridgehead atoms. The van der Waals surface area contributed by atoms with Crippen LogP contribution in [0.3, 0.4) is 0 Å². The normalized spacial score (nSPS) is 26.4. The third-order valence-corrected chi connectivity index (χ3v) is 2.21. The van der Waals surface area contributed by atoms with Gasteiger partial charge in [-0.3, -0.25) is 0 Å². The first-order valence-electron chi connectivity index (χ1n) is 4.57. The largest absolute Gasteiger partial charge is 0.486 e. The van der Waals surface area contributed by atoms with E-state index in [4.69, 9.17) is 4.74 Å². The van der Waals surface area contributed by atoms with Crippen LogP contribution in [0.15, 0.2) is 24.3 Å². The fourth-order valence-electron chi connectivity index (χ4n) is 1.48. The molecule has 2 N–H and O–H groups in total. The van der Waals surface area contributed by atoms with Crippen molar-refractivity contribution >= 4 is 0 Å². The van der Waals surface area contributed by atoms with Gasteiger partial charge in [-0.05, 0) is 12.1 Å². The molecular formula is C10H12FNO2. The highest BCUT2D eigenvalue weighted by Crippen LogP contribution is 2.16. The van der Waals surface area contributed by atoms with E-state index in [0.717, 1.165) is 0 Å². The number of benzene rings is 1. The molecule has 14 heavy (non-hydrogen) atoms. The zero-order chi connectivity index (χ0) is 9.97. The van der Waals surface area contributed by atoms with Crippen LogP contribution >= 0.6 is 0 Å². The molecule has 1 fully saturated rings. The molecule has 0 amide bonds. The molecule has 1 aliphatic heterocycles. The minimum absolute atomic E-state index is 0.281. The summed E-state index contributed by atoms with van der Waals surface area (Å²) >= 11 is 0. The Kier molecular flexibility index (Phi) is 2.65. The Morgan fingerprint density at radius 3 is 2.93 bits per heavy atom. The number of rotatable bonds is 2. The van der Waals surface area contributed by atoms with Crippen molar-refractivity contribution in [1.29, 1.82) is 0 Å². The van der Waals surface area contributed by atoms with Crippen LogP contribution in [0.5, 0.6) is 5.75 Å². The summed E-state index contributed by atoms with van der Waals surface area (Å²) in [6.07, 6.45) is -0.796. The van der Waals surface area contributed by atoms with Crippen molar-refractivity contribution in [3.63, 3.8) is 0 Å². The van der Waals surface area contributed by atoms with Gasteiger partial charge in [0, 0.05) is 19.2 Å². The molecule has 76 valence electrons. The van der Waals surface area contributed by atoms with Crippen LogP contribution in [0, 0.1) is 5.82 Å². The quantitative estimate of drug-likeness (QED) is 0.727. The summed E-state index contributed by atoms with van der Waals surface area (Å²) in [6, 6.07) is 5.93. The van der Waals surface area contributed by atoms with E-state index in [1.807, 2.05) is 0 Å². The maximum absolute atomic E-state index is 12.8. The molecule has 3 nitrogen and oxygen atoms in total. The first kappa shape index (κ1) is 9.43. The van der Waals surface area contributed by atoms with Crippen molar-refractivity contribution in [2.75, 3.05) is 13.1 Å². The van der Waals surface area contributed by atoms with Gasteiger partial charge in [-0.15, -0.1) is 0 Å². The number of β-amino-alcohol motifs (C(OH)–C–C–N with tert-alkyl or cyclic N) is 1. The van der Waals surface area contributed by atoms with Crippen LogP contribution in [0.2, 0.25) is 0 Å². The van der Waals surface area contributed by atoms with Crippen LogP contribution < -0.4 is 10.1 Å². The van der Waals surface area contributed by atoms with Crippen LogP contribution in [0.4, 0.5) is 4.39 Å². The van der Waals surface area contributed by atoms with E-state index in [1.54, 1.807) is 12.1 Å². The first-order chi connectivity index (χ1) is 6.75. The maximum Gasteiger partial charge on any atom is 0.138 e. The van der Waals surface area contributed by atoms with Gasteiger partial charge in [-0.2, -0.15) is 0 Å². The number of aliphatic hydroxyl groups is 1. The highest BCUT2D eigenvalue weighted by Gasteiger charge is 2.26. The Balaban J connectivity index is 2.03. The van der Waals surface area contributed by atoms with E-state index in [1.165, 1.54) is 12.1 Å². The highest BCUT2D eigenvalue weighted by atomic mass is 19.1. The molecule has 4 heteroatoms. The second-order valence-electron chi connectivity index (χ2n) is 3.34. The SMILES string of the molecule is O[C@@H]1CNC[C@H]1Oc1cccc(F)c1. The Labute approximate surface area is 81.5 Å². The predicted octanol–water partition coefficient (Wildman–Crippen LogP) is 0.537. The van der Waals surface area contributed by atoms with Crippen LogP contribution in [-0.4, -0.2) is 30.4 Å². The number of hydrogen-bond acceptors (Lipinski definition) is 3. The predicted molar refractivity (Wildman–Crippen MR) is 49.7 cm³/mol. The minimum Gasteiger partial charge on any atom is -0.486 e. The molecule has 1 aliphatic rings. The van der Waals surface area contributed by atoms with E-state index in [-0.39, 0.29) is 11.9 Å². The maximum atomic E-state index is 12.8. The fourth-order valence-corrected chi connectivity index (χ4v) is 1.48. The lowest BCUT2D eigenvalue weighted by Crippen LogP contribution is -2.29. The molecule has 2 rings (SSSR count). The average Bonchev–Trinajstić information content (AvgIpc) is 2.52. The lowest BCUT2D eigenvalue weighted by Gasteiger charge is -2.15. The number of nitrogens with one attached hydrogen (secondary N) is 1. The lowest BCUT2D eigenvalue weighted by molar-refractivity contribution is 0.0735. The Morgan fingerprint density at radius 1 is 1.43 bits per heavy atom. The number of aliphatic hydroxyl groups excluding tert-OH is 1. The van der Waals surface area contributed by atoms with Gasteiger partial charge in [0.1, 0.15) is 23.8 Å². The van der Waals surface area contributed by atoms with Crippen LogP contribution in [0.1, 0.15) is 0 Å². The molecular weight excluding hydrogens is 185 g/mol. The molecule has 0 radical (unpaired) electrons. The summed E-state index contributed by atoms with van der Waals surface area (Å²) in [6.45, 7) is 1.12. The van der Waals surface area contributed by atoms with E-state index in [0.29, 0.717) is 18.8 Å². The van der Waals surface area contributed by atoms with E-state index >= 15 is 0 Å². The van der Waals surface area contributed by atoms with Gasteiger partial charge < -0.3 is 15.2 Å². The third-order valence-electron chi connectivity index (χ3n) is 2.21. The zero-order valence-corrected chi connectivity index (χ0v) is 7.61. The van der Waals surface area contributed by atoms with Gasteiger partial charge in [-0.1, -0.05) is 6.07 Å². The smallest absolute Gasteiger partial charge is 0.138 e. The van der Waals surface area contributed by atoms with Gasteiger partial charge in [0.15, 0.2) is 0 Å². The molecule has 0 spiro atoms. The van der Waals surface area contributed by atoms with Crippen molar-refractivity contribution in [3.05, 3.63) is 30.1 Å². The van der Waals surface area contributed by atoms with Crippen molar-refractivity contribution in [1.82, 2.24) is 5.32 Å². The third kappa shape index (κ3) is 2.02.